The van der Waals surface area contributed by atoms with E-state index >= 15 is 0 Å². The Morgan fingerprint density at radius 3 is 2.76 bits per heavy atom. The summed E-state index contributed by atoms with van der Waals surface area (Å²) in [6.45, 7) is -0.179. The van der Waals surface area contributed by atoms with Crippen molar-refractivity contribution in [2.24, 2.45) is 0 Å². The molecular weight excluding hydrogens is 239 g/mol. The fourth-order valence-corrected chi connectivity index (χ4v) is 1.99. The number of likely N-dealkylation sites (tertiary alicyclic amines) is 1. The first-order chi connectivity index (χ1) is 7.88. The standard InChI is InChI=1S/C10H16F3NO3/c11-10(12,13)7-17-5-4-14-3-1-2-8(14)6-9(15)16/h8H,1-7H2,(H,15,16). The second-order valence-electron chi connectivity index (χ2n) is 4.10. The van der Waals surface area contributed by atoms with Gasteiger partial charge in [0.05, 0.1) is 13.0 Å². The fourth-order valence-electron chi connectivity index (χ4n) is 1.99. The Labute approximate surface area is 97.3 Å². The number of carboxylic acids is 1. The third kappa shape index (κ3) is 5.88. The maximum absolute atomic E-state index is 11.8. The lowest BCUT2D eigenvalue weighted by Gasteiger charge is -2.22. The van der Waals surface area contributed by atoms with Gasteiger partial charge in [0, 0.05) is 12.6 Å². The summed E-state index contributed by atoms with van der Waals surface area (Å²) in [6.07, 6.45) is -2.59. The van der Waals surface area contributed by atoms with E-state index in [9.17, 15) is 18.0 Å². The highest BCUT2D eigenvalue weighted by Crippen LogP contribution is 2.20. The molecule has 1 aliphatic rings. The molecule has 1 saturated heterocycles. The lowest BCUT2D eigenvalue weighted by Crippen LogP contribution is -2.34. The number of carboxylic acid groups (broad SMARTS) is 1. The molecule has 17 heavy (non-hydrogen) atoms. The van der Waals surface area contributed by atoms with Crippen LogP contribution in [0.5, 0.6) is 0 Å². The molecule has 7 heteroatoms. The highest BCUT2D eigenvalue weighted by Gasteiger charge is 2.29. The molecule has 0 aromatic heterocycles. The van der Waals surface area contributed by atoms with Gasteiger partial charge < -0.3 is 9.84 Å². The van der Waals surface area contributed by atoms with Crippen molar-refractivity contribution in [2.45, 2.75) is 31.5 Å². The summed E-state index contributed by atoms with van der Waals surface area (Å²) in [5.74, 6) is -0.877. The van der Waals surface area contributed by atoms with Crippen molar-refractivity contribution in [2.75, 3.05) is 26.3 Å². The maximum Gasteiger partial charge on any atom is 0.411 e. The van der Waals surface area contributed by atoms with E-state index in [0.29, 0.717) is 6.54 Å². The molecule has 1 atom stereocenters. The van der Waals surface area contributed by atoms with Crippen molar-refractivity contribution in [3.8, 4) is 0 Å². The second-order valence-corrected chi connectivity index (χ2v) is 4.10. The number of hydrogen-bond acceptors (Lipinski definition) is 3. The van der Waals surface area contributed by atoms with Crippen LogP contribution in [0.2, 0.25) is 0 Å². The van der Waals surface area contributed by atoms with Crippen LogP contribution in [0.1, 0.15) is 19.3 Å². The van der Waals surface area contributed by atoms with Crippen LogP contribution in [0.4, 0.5) is 13.2 Å². The summed E-state index contributed by atoms with van der Waals surface area (Å²) < 4.78 is 39.9. The molecule has 4 nitrogen and oxygen atoms in total. The molecule has 1 unspecified atom stereocenters. The van der Waals surface area contributed by atoms with E-state index in [1.807, 2.05) is 4.90 Å². The third-order valence-electron chi connectivity index (χ3n) is 2.70. The molecule has 100 valence electrons. The van der Waals surface area contributed by atoms with E-state index in [2.05, 4.69) is 4.74 Å². The Morgan fingerprint density at radius 1 is 1.47 bits per heavy atom. The molecule has 1 heterocycles. The van der Waals surface area contributed by atoms with Crippen molar-refractivity contribution in [3.05, 3.63) is 0 Å². The SMILES string of the molecule is O=C(O)CC1CCCN1CCOCC(F)(F)F. The number of alkyl halides is 3. The third-order valence-corrected chi connectivity index (χ3v) is 2.70. The molecule has 0 saturated carbocycles. The van der Waals surface area contributed by atoms with Crippen molar-refractivity contribution in [1.29, 1.82) is 0 Å². The van der Waals surface area contributed by atoms with Gasteiger partial charge in [-0.25, -0.2) is 0 Å². The fraction of sp³-hybridized carbons (Fsp3) is 0.900. The van der Waals surface area contributed by atoms with Crippen LogP contribution in [0.25, 0.3) is 0 Å². The van der Waals surface area contributed by atoms with Gasteiger partial charge in [0.25, 0.3) is 0 Å². The zero-order valence-corrected chi connectivity index (χ0v) is 9.37. The summed E-state index contributed by atoms with van der Waals surface area (Å²) >= 11 is 0. The van der Waals surface area contributed by atoms with Crippen LogP contribution in [-0.4, -0.2) is 54.5 Å². The quantitative estimate of drug-likeness (QED) is 0.731. The molecule has 0 aliphatic carbocycles. The first kappa shape index (κ1) is 14.2. The van der Waals surface area contributed by atoms with Crippen LogP contribution in [0, 0.1) is 0 Å². The van der Waals surface area contributed by atoms with Crippen molar-refractivity contribution in [3.63, 3.8) is 0 Å². The van der Waals surface area contributed by atoms with Gasteiger partial charge in [0.1, 0.15) is 6.61 Å². The minimum absolute atomic E-state index is 0.0182. The largest absolute Gasteiger partial charge is 0.481 e. The molecule has 1 rings (SSSR count). The highest BCUT2D eigenvalue weighted by atomic mass is 19.4. The molecule has 0 radical (unpaired) electrons. The van der Waals surface area contributed by atoms with Crippen LogP contribution >= 0.6 is 0 Å². The molecule has 0 bridgehead atoms. The lowest BCUT2D eigenvalue weighted by molar-refractivity contribution is -0.174. The molecule has 0 spiro atoms. The monoisotopic (exact) mass is 255 g/mol. The number of ether oxygens (including phenoxy) is 1. The summed E-state index contributed by atoms with van der Waals surface area (Å²) in [4.78, 5) is 12.4. The van der Waals surface area contributed by atoms with Crippen molar-refractivity contribution >= 4 is 5.97 Å². The molecule has 0 aromatic rings. The van der Waals surface area contributed by atoms with E-state index in [1.54, 1.807) is 0 Å². The van der Waals surface area contributed by atoms with Gasteiger partial charge in [-0.1, -0.05) is 0 Å². The molecule has 1 aliphatic heterocycles. The number of rotatable bonds is 6. The highest BCUT2D eigenvalue weighted by molar-refractivity contribution is 5.67. The van der Waals surface area contributed by atoms with Gasteiger partial charge in [0.15, 0.2) is 0 Å². The lowest BCUT2D eigenvalue weighted by atomic mass is 10.1. The first-order valence-electron chi connectivity index (χ1n) is 5.49. The smallest absolute Gasteiger partial charge is 0.411 e. The number of carbonyl (C=O) groups is 1. The van der Waals surface area contributed by atoms with E-state index < -0.39 is 18.8 Å². The van der Waals surface area contributed by atoms with E-state index in [-0.39, 0.29) is 19.1 Å². The number of hydrogen-bond donors (Lipinski definition) is 1. The molecule has 1 N–H and O–H groups in total. The predicted molar refractivity (Wildman–Crippen MR) is 53.7 cm³/mol. The van der Waals surface area contributed by atoms with Crippen LogP contribution in [0.15, 0.2) is 0 Å². The van der Waals surface area contributed by atoms with E-state index in [0.717, 1.165) is 19.4 Å². The normalized spacial score (nSPS) is 21.9. The minimum Gasteiger partial charge on any atom is -0.481 e. The average Bonchev–Trinajstić information content (AvgIpc) is 2.58. The molecular formula is C10H16F3NO3. The van der Waals surface area contributed by atoms with Crippen molar-refractivity contribution in [1.82, 2.24) is 4.90 Å². The summed E-state index contributed by atoms with van der Waals surface area (Å²) in [7, 11) is 0. The molecule has 1 fully saturated rings. The Morgan fingerprint density at radius 2 is 2.18 bits per heavy atom. The Balaban J connectivity index is 2.19. The Bertz CT molecular complexity index is 258. The van der Waals surface area contributed by atoms with Crippen LogP contribution in [-0.2, 0) is 9.53 Å². The van der Waals surface area contributed by atoms with E-state index in [1.165, 1.54) is 0 Å². The van der Waals surface area contributed by atoms with Gasteiger partial charge in [-0.3, -0.25) is 9.69 Å². The van der Waals surface area contributed by atoms with Crippen molar-refractivity contribution < 1.29 is 27.8 Å². The summed E-state index contributed by atoms with van der Waals surface area (Å²) in [5.41, 5.74) is 0. The van der Waals surface area contributed by atoms with E-state index in [4.69, 9.17) is 5.11 Å². The summed E-state index contributed by atoms with van der Waals surface area (Å²) in [5, 5.41) is 8.66. The number of halogens is 3. The second kappa shape index (κ2) is 6.20. The number of aliphatic carboxylic acids is 1. The maximum atomic E-state index is 11.8. The topological polar surface area (TPSA) is 49.8 Å². The predicted octanol–water partition coefficient (Wildman–Crippen LogP) is 1.50. The number of nitrogens with zero attached hydrogens (tertiary/aromatic N) is 1. The Hall–Kier alpha value is -0.820. The van der Waals surface area contributed by atoms with Gasteiger partial charge in [-0.2, -0.15) is 13.2 Å². The van der Waals surface area contributed by atoms with Gasteiger partial charge in [-0.15, -0.1) is 0 Å². The zero-order chi connectivity index (χ0) is 12.9. The first-order valence-corrected chi connectivity index (χ1v) is 5.49. The Kier molecular flexibility index (Phi) is 5.20. The zero-order valence-electron chi connectivity index (χ0n) is 9.37. The van der Waals surface area contributed by atoms with Gasteiger partial charge in [-0.05, 0) is 19.4 Å². The molecule has 0 amide bonds. The summed E-state index contributed by atoms with van der Waals surface area (Å²) in [6, 6.07) is -0.0676. The van der Waals surface area contributed by atoms with Crippen LogP contribution in [0.3, 0.4) is 0 Å². The minimum atomic E-state index is -4.30. The average molecular weight is 255 g/mol. The van der Waals surface area contributed by atoms with Gasteiger partial charge in [0.2, 0.25) is 0 Å². The van der Waals surface area contributed by atoms with Crippen LogP contribution < -0.4 is 0 Å². The molecule has 0 aromatic carbocycles. The van der Waals surface area contributed by atoms with Gasteiger partial charge >= 0.3 is 12.1 Å².